The van der Waals surface area contributed by atoms with E-state index in [9.17, 15) is 24.9 Å². The zero-order chi connectivity index (χ0) is 25.5. The molecule has 1 aromatic rings. The summed E-state index contributed by atoms with van der Waals surface area (Å²) in [5, 5.41) is 30.6. The zero-order valence-corrected chi connectivity index (χ0v) is 21.4. The fourth-order valence-electron chi connectivity index (χ4n) is 4.88. The first kappa shape index (κ1) is 29.5. The molecule has 0 saturated carbocycles. The number of nitrogens with one attached hydrogen (secondary N) is 1. The molecular weight excluding hydrogens is 448 g/mol. The van der Waals surface area contributed by atoms with Crippen LogP contribution in [0.2, 0.25) is 0 Å². The van der Waals surface area contributed by atoms with Crippen LogP contribution in [-0.2, 0) is 10.5 Å². The number of nitrogens with zero attached hydrogens (tertiary/aromatic N) is 1. The summed E-state index contributed by atoms with van der Waals surface area (Å²) < 4.78 is 6.97. The second-order valence-electron chi connectivity index (χ2n) is 9.79. The van der Waals surface area contributed by atoms with Crippen LogP contribution < -0.4 is 11.2 Å². The lowest BCUT2D eigenvalue weighted by Crippen LogP contribution is -2.51. The Morgan fingerprint density at radius 3 is 2.06 bits per heavy atom. The van der Waals surface area contributed by atoms with Crippen LogP contribution in [0, 0.1) is 0 Å². The number of rotatable bonds is 18. The molecule has 1 aliphatic heterocycles. The molecule has 0 aromatic carbocycles. The van der Waals surface area contributed by atoms with E-state index in [0.29, 0.717) is 6.42 Å². The molecule has 4 N–H and O–H groups in total. The standard InChI is InChI=1S/C27H46N2O6/c1-2-3-4-5-6-7-8-9-10-11-12-13-14-15-16-17-19-27(25(33)24(32)22(21-30)35-27)29-20-18-23(31)28-26(29)34/h9-10,18,20,22,24-25,30,32-33H,2-8,11-17,19,21H2,1H3,(H,28,31,34)/t22-,24-,25-,27-/m1/s1. The van der Waals surface area contributed by atoms with Gasteiger partial charge < -0.3 is 20.1 Å². The number of ether oxygens (including phenoxy) is 1. The van der Waals surface area contributed by atoms with Gasteiger partial charge in [0, 0.05) is 12.3 Å². The van der Waals surface area contributed by atoms with Crippen molar-refractivity contribution in [3.63, 3.8) is 0 Å². The molecule has 1 aromatic heterocycles. The second-order valence-corrected chi connectivity index (χ2v) is 9.79. The Bertz CT molecular complexity index is 851. The first-order chi connectivity index (χ1) is 17.0. The van der Waals surface area contributed by atoms with Gasteiger partial charge in [-0.3, -0.25) is 14.3 Å². The third-order valence-corrected chi connectivity index (χ3v) is 6.98. The Balaban J connectivity index is 1.69. The number of hydrogen-bond donors (Lipinski definition) is 4. The van der Waals surface area contributed by atoms with E-state index in [1.54, 1.807) is 0 Å². The smallest absolute Gasteiger partial charge is 0.330 e. The van der Waals surface area contributed by atoms with Crippen molar-refractivity contribution in [3.05, 3.63) is 45.3 Å². The molecule has 8 nitrogen and oxygen atoms in total. The summed E-state index contributed by atoms with van der Waals surface area (Å²) in [5.74, 6) is 0. The van der Waals surface area contributed by atoms with E-state index >= 15 is 0 Å². The molecule has 2 rings (SSSR count). The van der Waals surface area contributed by atoms with Crippen molar-refractivity contribution in [2.45, 2.75) is 127 Å². The first-order valence-corrected chi connectivity index (χ1v) is 13.6. The van der Waals surface area contributed by atoms with Gasteiger partial charge >= 0.3 is 5.69 Å². The Kier molecular flexibility index (Phi) is 13.6. The molecule has 1 fully saturated rings. The molecule has 0 radical (unpaired) electrons. The highest BCUT2D eigenvalue weighted by Crippen LogP contribution is 2.39. The van der Waals surface area contributed by atoms with Crippen LogP contribution >= 0.6 is 0 Å². The third-order valence-electron chi connectivity index (χ3n) is 6.98. The van der Waals surface area contributed by atoms with Gasteiger partial charge in [-0.2, -0.15) is 0 Å². The van der Waals surface area contributed by atoms with E-state index < -0.39 is 41.9 Å². The van der Waals surface area contributed by atoms with Gasteiger partial charge in [-0.15, -0.1) is 0 Å². The number of aliphatic hydroxyl groups is 3. The average molecular weight is 495 g/mol. The molecule has 1 saturated heterocycles. The van der Waals surface area contributed by atoms with Gasteiger partial charge in [0.2, 0.25) is 0 Å². The van der Waals surface area contributed by atoms with Gasteiger partial charge in [-0.1, -0.05) is 76.9 Å². The predicted molar refractivity (Wildman–Crippen MR) is 137 cm³/mol. The van der Waals surface area contributed by atoms with E-state index in [1.807, 2.05) is 0 Å². The molecule has 0 spiro atoms. The highest BCUT2D eigenvalue weighted by Gasteiger charge is 2.55. The van der Waals surface area contributed by atoms with E-state index in [0.717, 1.165) is 36.7 Å². The Morgan fingerprint density at radius 2 is 1.51 bits per heavy atom. The zero-order valence-electron chi connectivity index (χ0n) is 21.4. The summed E-state index contributed by atoms with van der Waals surface area (Å²) in [7, 11) is 0. The maximum absolute atomic E-state index is 12.4. The lowest BCUT2D eigenvalue weighted by molar-refractivity contribution is -0.156. The summed E-state index contributed by atoms with van der Waals surface area (Å²) in [6.07, 6.45) is 18.8. The van der Waals surface area contributed by atoms with Crippen LogP contribution in [-0.4, -0.2) is 49.8 Å². The van der Waals surface area contributed by atoms with Gasteiger partial charge in [0.1, 0.15) is 18.3 Å². The summed E-state index contributed by atoms with van der Waals surface area (Å²) in [5.41, 5.74) is -2.79. The number of aromatic amines is 1. The highest BCUT2D eigenvalue weighted by atomic mass is 16.6. The van der Waals surface area contributed by atoms with E-state index in [-0.39, 0.29) is 6.42 Å². The maximum atomic E-state index is 12.4. The van der Waals surface area contributed by atoms with Gasteiger partial charge in [0.15, 0.2) is 5.72 Å². The third kappa shape index (κ3) is 9.01. The quantitative estimate of drug-likeness (QED) is 0.182. The number of H-pyrrole nitrogens is 1. The van der Waals surface area contributed by atoms with Crippen molar-refractivity contribution in [2.75, 3.05) is 6.61 Å². The van der Waals surface area contributed by atoms with Gasteiger partial charge in [-0.25, -0.2) is 4.79 Å². The lowest BCUT2D eigenvalue weighted by Gasteiger charge is -2.34. The van der Waals surface area contributed by atoms with Crippen LogP contribution in [0.4, 0.5) is 0 Å². The molecule has 2 heterocycles. The largest absolute Gasteiger partial charge is 0.394 e. The van der Waals surface area contributed by atoms with Crippen molar-refractivity contribution < 1.29 is 20.1 Å². The Morgan fingerprint density at radius 1 is 0.943 bits per heavy atom. The topological polar surface area (TPSA) is 125 Å². The molecule has 0 bridgehead atoms. The number of allylic oxidation sites excluding steroid dienone is 2. The van der Waals surface area contributed by atoms with E-state index in [4.69, 9.17) is 4.74 Å². The minimum Gasteiger partial charge on any atom is -0.394 e. The van der Waals surface area contributed by atoms with Crippen LogP contribution in [0.5, 0.6) is 0 Å². The Labute approximate surface area is 209 Å². The highest BCUT2D eigenvalue weighted by molar-refractivity contribution is 5.01. The number of hydrogen-bond acceptors (Lipinski definition) is 6. The molecule has 0 aliphatic carbocycles. The van der Waals surface area contributed by atoms with Gasteiger partial charge in [0.05, 0.1) is 6.61 Å². The minimum atomic E-state index is -1.52. The molecular formula is C27H46N2O6. The van der Waals surface area contributed by atoms with E-state index in [1.165, 1.54) is 63.6 Å². The molecule has 35 heavy (non-hydrogen) atoms. The molecule has 1 aliphatic rings. The summed E-state index contributed by atoms with van der Waals surface area (Å²) in [6, 6.07) is 1.18. The number of aromatic nitrogens is 2. The Hall–Kier alpha value is -1.74. The number of aliphatic hydroxyl groups excluding tert-OH is 3. The monoisotopic (exact) mass is 494 g/mol. The fourth-order valence-corrected chi connectivity index (χ4v) is 4.88. The van der Waals surface area contributed by atoms with E-state index in [2.05, 4.69) is 24.1 Å². The van der Waals surface area contributed by atoms with Gasteiger partial charge in [0.25, 0.3) is 5.56 Å². The van der Waals surface area contributed by atoms with Crippen LogP contribution in [0.1, 0.15) is 103 Å². The van der Waals surface area contributed by atoms with Crippen molar-refractivity contribution in [2.24, 2.45) is 0 Å². The van der Waals surface area contributed by atoms with Crippen LogP contribution in [0.3, 0.4) is 0 Å². The predicted octanol–water partition coefficient (Wildman–Crippen LogP) is 3.73. The van der Waals surface area contributed by atoms with Crippen LogP contribution in [0.25, 0.3) is 0 Å². The summed E-state index contributed by atoms with van der Waals surface area (Å²) in [6.45, 7) is 1.76. The summed E-state index contributed by atoms with van der Waals surface area (Å²) in [4.78, 5) is 26.1. The molecule has 8 heteroatoms. The fraction of sp³-hybridized carbons (Fsp3) is 0.778. The maximum Gasteiger partial charge on any atom is 0.330 e. The molecule has 0 unspecified atom stereocenters. The lowest BCUT2D eigenvalue weighted by atomic mass is 9.95. The molecule has 0 amide bonds. The second kappa shape index (κ2) is 16.1. The molecule has 200 valence electrons. The van der Waals surface area contributed by atoms with Crippen LogP contribution in [0.15, 0.2) is 34.0 Å². The normalized spacial score (nSPS) is 24.5. The number of unbranched alkanes of at least 4 members (excludes halogenated alkanes) is 12. The summed E-state index contributed by atoms with van der Waals surface area (Å²) >= 11 is 0. The van der Waals surface area contributed by atoms with Crippen molar-refractivity contribution in [3.8, 4) is 0 Å². The van der Waals surface area contributed by atoms with Gasteiger partial charge in [-0.05, 0) is 38.5 Å². The minimum absolute atomic E-state index is 0.287. The average Bonchev–Trinajstić information content (AvgIpc) is 3.09. The first-order valence-electron chi connectivity index (χ1n) is 13.6. The van der Waals surface area contributed by atoms with Crippen molar-refractivity contribution >= 4 is 0 Å². The van der Waals surface area contributed by atoms with Crippen molar-refractivity contribution in [1.82, 2.24) is 9.55 Å². The SMILES string of the molecule is CCCCCCCCC=CCCCCCCCC[C@@]1(n2ccc(=O)[nH]c2=O)O[C@H](CO)[C@@H](O)[C@H]1O. The molecule has 4 atom stereocenters. The van der Waals surface area contributed by atoms with Crippen molar-refractivity contribution in [1.29, 1.82) is 0 Å².